The minimum Gasteiger partial charge on any atom is -0.311 e. The van der Waals surface area contributed by atoms with Crippen LogP contribution in [-0.4, -0.2) is 4.98 Å². The summed E-state index contributed by atoms with van der Waals surface area (Å²) in [7, 11) is 0. The van der Waals surface area contributed by atoms with Crippen molar-refractivity contribution in [2.75, 3.05) is 4.90 Å². The number of hydrogen-bond donors (Lipinski definition) is 0. The smallest absolute Gasteiger partial charge is 0.124 e. The molecule has 6 aromatic carbocycles. The van der Waals surface area contributed by atoms with Gasteiger partial charge in [-0.05, 0) is 102 Å². The highest BCUT2D eigenvalue weighted by molar-refractivity contribution is 7.21. The van der Waals surface area contributed by atoms with Crippen LogP contribution in [0, 0.1) is 6.92 Å². The monoisotopic (exact) mass is 640 g/mol. The van der Waals surface area contributed by atoms with Crippen LogP contribution in [0.1, 0.15) is 55.6 Å². The molecule has 0 amide bonds. The molecule has 0 aliphatic heterocycles. The van der Waals surface area contributed by atoms with Crippen molar-refractivity contribution >= 4 is 38.6 Å². The van der Waals surface area contributed by atoms with Crippen LogP contribution < -0.4 is 4.90 Å². The molecule has 3 heteroatoms. The summed E-state index contributed by atoms with van der Waals surface area (Å²) in [4.78, 5) is 7.20. The lowest BCUT2D eigenvalue weighted by Gasteiger charge is -2.26. The van der Waals surface area contributed by atoms with Gasteiger partial charge in [0.2, 0.25) is 0 Å². The van der Waals surface area contributed by atoms with Crippen LogP contribution in [0.15, 0.2) is 146 Å². The Morgan fingerprint density at radius 2 is 0.958 bits per heavy atom. The standard InChI is InChI=1S/C45H40N2S/c1-32-12-26-40(27-13-32)47(41-28-22-37(23-29-41)33-8-4-2-3-5-9-33)42-30-24-38(25-31-42)35-16-14-34(15-17-35)36-18-20-39(21-19-36)45-46-43-10-6-7-11-44(43)48-45/h6-7,10-31,33H,2-5,8-9H2,1H3. The lowest BCUT2D eigenvalue weighted by Crippen LogP contribution is -2.10. The SMILES string of the molecule is Cc1ccc(N(c2ccc(-c3ccc(-c4ccc(-c5nc6ccccc6s5)cc4)cc3)cc2)c2ccc(C3CCCCCC3)cc2)cc1. The van der Waals surface area contributed by atoms with Gasteiger partial charge in [0.05, 0.1) is 10.2 Å². The first-order valence-electron chi connectivity index (χ1n) is 17.3. The second-order valence-electron chi connectivity index (χ2n) is 13.1. The minimum atomic E-state index is 0.698. The van der Waals surface area contributed by atoms with E-state index in [1.807, 2.05) is 6.07 Å². The maximum absolute atomic E-state index is 4.82. The first kappa shape index (κ1) is 30.4. The van der Waals surface area contributed by atoms with Crippen LogP contribution in [0.3, 0.4) is 0 Å². The Morgan fingerprint density at radius 3 is 1.50 bits per heavy atom. The van der Waals surface area contributed by atoms with Crippen molar-refractivity contribution in [1.82, 2.24) is 4.98 Å². The second kappa shape index (κ2) is 13.6. The van der Waals surface area contributed by atoms with Crippen LogP contribution in [0.25, 0.3) is 43.0 Å². The van der Waals surface area contributed by atoms with Gasteiger partial charge in [-0.2, -0.15) is 0 Å². The van der Waals surface area contributed by atoms with E-state index in [0.717, 1.165) is 21.8 Å². The molecule has 1 aliphatic rings. The first-order valence-corrected chi connectivity index (χ1v) is 18.1. The predicted molar refractivity (Wildman–Crippen MR) is 206 cm³/mol. The van der Waals surface area contributed by atoms with Crippen LogP contribution in [0.4, 0.5) is 17.1 Å². The fourth-order valence-electron chi connectivity index (χ4n) is 7.11. The Hall–Kier alpha value is -4.99. The molecular weight excluding hydrogens is 601 g/mol. The summed E-state index contributed by atoms with van der Waals surface area (Å²) in [5, 5.41) is 1.06. The highest BCUT2D eigenvalue weighted by atomic mass is 32.1. The molecule has 236 valence electrons. The van der Waals surface area contributed by atoms with Crippen molar-refractivity contribution in [3.05, 3.63) is 157 Å². The van der Waals surface area contributed by atoms with Gasteiger partial charge in [0.15, 0.2) is 0 Å². The molecular formula is C45H40N2S. The summed E-state index contributed by atoms with van der Waals surface area (Å²) in [6, 6.07) is 53.3. The summed E-state index contributed by atoms with van der Waals surface area (Å²) < 4.78 is 1.22. The highest BCUT2D eigenvalue weighted by Gasteiger charge is 2.17. The van der Waals surface area contributed by atoms with Crippen molar-refractivity contribution in [3.63, 3.8) is 0 Å². The Labute approximate surface area is 288 Å². The average Bonchev–Trinajstić information content (AvgIpc) is 3.40. The summed E-state index contributed by atoms with van der Waals surface area (Å²) in [6.45, 7) is 2.15. The van der Waals surface area contributed by atoms with Crippen LogP contribution >= 0.6 is 11.3 Å². The Bertz CT molecular complexity index is 2070. The molecule has 8 rings (SSSR count). The van der Waals surface area contributed by atoms with Gasteiger partial charge < -0.3 is 4.90 Å². The molecule has 1 aliphatic carbocycles. The van der Waals surface area contributed by atoms with Crippen LogP contribution in [-0.2, 0) is 0 Å². The van der Waals surface area contributed by atoms with Crippen molar-refractivity contribution in [2.45, 2.75) is 51.4 Å². The van der Waals surface area contributed by atoms with Crippen molar-refractivity contribution in [1.29, 1.82) is 0 Å². The maximum atomic E-state index is 4.82. The maximum Gasteiger partial charge on any atom is 0.124 e. The summed E-state index contributed by atoms with van der Waals surface area (Å²) in [6.07, 6.45) is 8.12. The Balaban J connectivity index is 1.02. The number of thiazole rings is 1. The van der Waals surface area contributed by atoms with Gasteiger partial charge >= 0.3 is 0 Å². The molecule has 0 N–H and O–H groups in total. The molecule has 1 heterocycles. The zero-order valence-electron chi connectivity index (χ0n) is 27.5. The highest BCUT2D eigenvalue weighted by Crippen LogP contribution is 2.38. The number of rotatable bonds is 7. The third-order valence-electron chi connectivity index (χ3n) is 9.87. The predicted octanol–water partition coefficient (Wildman–Crippen LogP) is 13.5. The largest absolute Gasteiger partial charge is 0.311 e. The summed E-state index contributed by atoms with van der Waals surface area (Å²) in [5.41, 5.74) is 13.4. The molecule has 48 heavy (non-hydrogen) atoms. The Kier molecular flexibility index (Phi) is 8.62. The molecule has 0 spiro atoms. The first-order chi connectivity index (χ1) is 23.7. The number of anilines is 3. The van der Waals surface area contributed by atoms with Gasteiger partial charge in [0, 0.05) is 22.6 Å². The number of aromatic nitrogens is 1. The quantitative estimate of drug-likeness (QED) is 0.161. The van der Waals surface area contributed by atoms with E-state index in [2.05, 4.69) is 151 Å². The molecule has 0 radical (unpaired) electrons. The van der Waals surface area contributed by atoms with E-state index >= 15 is 0 Å². The number of fused-ring (bicyclic) bond motifs is 1. The van der Waals surface area contributed by atoms with Crippen LogP contribution in [0.2, 0.25) is 0 Å². The molecule has 0 bridgehead atoms. The van der Waals surface area contributed by atoms with E-state index < -0.39 is 0 Å². The Morgan fingerprint density at radius 1 is 0.500 bits per heavy atom. The van der Waals surface area contributed by atoms with Gasteiger partial charge in [-0.3, -0.25) is 0 Å². The van der Waals surface area contributed by atoms with E-state index in [9.17, 15) is 0 Å². The third kappa shape index (κ3) is 6.43. The second-order valence-corrected chi connectivity index (χ2v) is 14.2. The lowest BCUT2D eigenvalue weighted by atomic mass is 9.91. The van der Waals surface area contributed by atoms with E-state index in [1.54, 1.807) is 11.3 Å². The number of para-hydroxylation sites is 1. The van der Waals surface area contributed by atoms with Crippen molar-refractivity contribution < 1.29 is 0 Å². The third-order valence-corrected chi connectivity index (χ3v) is 11.0. The fourth-order valence-corrected chi connectivity index (χ4v) is 8.08. The molecule has 1 fully saturated rings. The van der Waals surface area contributed by atoms with Gasteiger partial charge in [-0.15, -0.1) is 11.3 Å². The zero-order valence-corrected chi connectivity index (χ0v) is 28.3. The molecule has 7 aromatic rings. The topological polar surface area (TPSA) is 16.1 Å². The molecule has 1 aromatic heterocycles. The van der Waals surface area contributed by atoms with Crippen LogP contribution in [0.5, 0.6) is 0 Å². The normalized spacial score (nSPS) is 13.8. The zero-order chi connectivity index (χ0) is 32.3. The van der Waals surface area contributed by atoms with Gasteiger partial charge in [-0.1, -0.05) is 128 Å². The fraction of sp³-hybridized carbons (Fsp3) is 0.178. The van der Waals surface area contributed by atoms with Gasteiger partial charge in [0.25, 0.3) is 0 Å². The van der Waals surface area contributed by atoms with E-state index in [-0.39, 0.29) is 0 Å². The van der Waals surface area contributed by atoms with Gasteiger partial charge in [-0.25, -0.2) is 4.98 Å². The minimum absolute atomic E-state index is 0.698. The van der Waals surface area contributed by atoms with Crippen molar-refractivity contribution in [2.24, 2.45) is 0 Å². The van der Waals surface area contributed by atoms with Crippen molar-refractivity contribution in [3.8, 4) is 32.8 Å². The molecule has 0 atom stereocenters. The number of benzene rings is 6. The molecule has 0 saturated heterocycles. The number of nitrogens with zero attached hydrogens (tertiary/aromatic N) is 2. The molecule has 0 unspecified atom stereocenters. The average molecular weight is 641 g/mol. The molecule has 2 nitrogen and oxygen atoms in total. The van der Waals surface area contributed by atoms with E-state index in [0.29, 0.717) is 5.92 Å². The van der Waals surface area contributed by atoms with Gasteiger partial charge in [0.1, 0.15) is 5.01 Å². The number of hydrogen-bond acceptors (Lipinski definition) is 3. The summed E-state index contributed by atoms with van der Waals surface area (Å²) in [5.74, 6) is 0.698. The number of aryl methyl sites for hydroxylation is 1. The summed E-state index contributed by atoms with van der Waals surface area (Å²) >= 11 is 1.74. The van der Waals surface area contributed by atoms with E-state index in [4.69, 9.17) is 4.98 Å². The lowest BCUT2D eigenvalue weighted by molar-refractivity contribution is 0.592. The van der Waals surface area contributed by atoms with E-state index in [1.165, 1.54) is 88.0 Å². The molecule has 1 saturated carbocycles.